The third kappa shape index (κ3) is 2.95. The van der Waals surface area contributed by atoms with Crippen LogP contribution in [-0.4, -0.2) is 43.4 Å². The monoisotopic (exact) mass is 599 g/mol. The number of benzene rings is 1. The van der Waals surface area contributed by atoms with Crippen LogP contribution >= 0.6 is 0 Å². The van der Waals surface area contributed by atoms with Gasteiger partial charge in [-0.1, -0.05) is 13.8 Å². The highest BCUT2D eigenvalue weighted by molar-refractivity contribution is 6.06. The van der Waals surface area contributed by atoms with Crippen molar-refractivity contribution in [3.63, 3.8) is 0 Å². The van der Waals surface area contributed by atoms with Crippen LogP contribution in [0, 0.1) is 46.3 Å². The van der Waals surface area contributed by atoms with E-state index >= 15 is 0 Å². The summed E-state index contributed by atoms with van der Waals surface area (Å²) in [7, 11) is 0. The summed E-state index contributed by atoms with van der Waals surface area (Å²) in [6, 6.07) is 4.25. The van der Waals surface area contributed by atoms with Crippen LogP contribution in [0.15, 0.2) is 12.1 Å². The molecule has 3 N–H and O–H groups in total. The Morgan fingerprint density at radius 3 is 2.34 bits per heavy atom. The van der Waals surface area contributed by atoms with Gasteiger partial charge in [-0.3, -0.25) is 4.79 Å². The number of rotatable bonds is 1. The van der Waals surface area contributed by atoms with E-state index in [0.717, 1.165) is 68.9 Å². The molecule has 2 aromatic rings. The zero-order valence-corrected chi connectivity index (χ0v) is 28.2. The van der Waals surface area contributed by atoms with Crippen molar-refractivity contribution >= 4 is 16.7 Å². The molecule has 44 heavy (non-hydrogen) atoms. The highest BCUT2D eigenvalue weighted by atomic mass is 16.5. The number of aromatic amines is 1. The van der Waals surface area contributed by atoms with Crippen LogP contribution in [0.5, 0.6) is 0 Å². The number of hydrogen-bond donors (Lipinski definition) is 3. The Balaban J connectivity index is 1.16. The predicted octanol–water partition coefficient (Wildman–Crippen LogP) is 7.28. The third-order valence-corrected chi connectivity index (χ3v) is 16.2. The molecule has 6 aliphatic carbocycles. The maximum absolute atomic E-state index is 14.2. The maximum Gasteiger partial charge on any atom is 0.169 e. The summed E-state index contributed by atoms with van der Waals surface area (Å²) < 4.78 is 6.56. The summed E-state index contributed by atoms with van der Waals surface area (Å²) in [4.78, 5) is 18.2. The maximum atomic E-state index is 14.2. The standard InChI is InChI=1S/C39H53NO4/c1-33(2,42)22-15-21-11-13-36(7)37(8)20(12-14-39(36,43)38(21)19-23(38)16-22)17-26-29-25-18-27-30(35(5,6)44-34(27,3)4)31(41)24(25)9-10-28(29)40-32(26)37/h9-10,20-23,27,30,40,42-43H,11-19H2,1-8H3/t20?,21?,22?,23-,27?,30?,36+,37+,38+,39-/m0/s1. The summed E-state index contributed by atoms with van der Waals surface area (Å²) in [6.45, 7) is 17.5. The quantitative estimate of drug-likeness (QED) is 0.322. The topological polar surface area (TPSA) is 82.5 Å². The van der Waals surface area contributed by atoms with E-state index in [9.17, 15) is 15.0 Å². The van der Waals surface area contributed by atoms with Crippen molar-refractivity contribution < 1.29 is 19.7 Å². The molecule has 5 unspecified atom stereocenters. The largest absolute Gasteiger partial charge is 0.390 e. The Morgan fingerprint density at radius 2 is 1.61 bits per heavy atom. The van der Waals surface area contributed by atoms with Gasteiger partial charge in [0, 0.05) is 44.3 Å². The molecule has 4 saturated carbocycles. The lowest BCUT2D eigenvalue weighted by atomic mass is 9.38. The number of fused-ring (bicyclic) bond motifs is 10. The lowest BCUT2D eigenvalue weighted by molar-refractivity contribution is -0.251. The Bertz CT molecular complexity index is 1640. The van der Waals surface area contributed by atoms with E-state index in [2.05, 4.69) is 58.7 Å². The van der Waals surface area contributed by atoms with Gasteiger partial charge in [0.2, 0.25) is 0 Å². The number of carbonyl (C=O) groups excluding carboxylic acids is 1. The van der Waals surface area contributed by atoms with Crippen LogP contribution in [0.3, 0.4) is 0 Å². The first kappa shape index (κ1) is 28.5. The van der Waals surface area contributed by atoms with Crippen LogP contribution in [0.1, 0.15) is 128 Å². The predicted molar refractivity (Wildman–Crippen MR) is 172 cm³/mol. The zero-order chi connectivity index (χ0) is 31.2. The van der Waals surface area contributed by atoms with Gasteiger partial charge >= 0.3 is 0 Å². The van der Waals surface area contributed by atoms with Crippen LogP contribution in [-0.2, 0) is 23.0 Å². The van der Waals surface area contributed by atoms with E-state index in [4.69, 9.17) is 4.74 Å². The van der Waals surface area contributed by atoms with Crippen molar-refractivity contribution in [1.29, 1.82) is 0 Å². The molecule has 9 rings (SSSR count). The smallest absolute Gasteiger partial charge is 0.169 e. The zero-order valence-electron chi connectivity index (χ0n) is 28.2. The summed E-state index contributed by atoms with van der Waals surface area (Å²) in [5.74, 6) is 2.15. The molecule has 0 bridgehead atoms. The van der Waals surface area contributed by atoms with Gasteiger partial charge in [-0.05, 0) is 146 Å². The highest BCUT2D eigenvalue weighted by Gasteiger charge is 2.81. The van der Waals surface area contributed by atoms with Crippen molar-refractivity contribution in [3.05, 3.63) is 34.5 Å². The molecule has 10 atom stereocenters. The van der Waals surface area contributed by atoms with Crippen molar-refractivity contribution in [2.24, 2.45) is 46.3 Å². The van der Waals surface area contributed by atoms with Crippen LogP contribution in [0.4, 0.5) is 0 Å². The minimum atomic E-state index is -0.693. The van der Waals surface area contributed by atoms with Crippen LogP contribution in [0.25, 0.3) is 10.9 Å². The number of carbonyl (C=O) groups is 1. The Kier molecular flexibility index (Phi) is 5.11. The van der Waals surface area contributed by atoms with E-state index < -0.39 is 16.8 Å². The summed E-state index contributed by atoms with van der Waals surface area (Å²) in [6.07, 6.45) is 9.27. The van der Waals surface area contributed by atoms with E-state index in [1.165, 1.54) is 22.2 Å². The molecule has 1 spiro atoms. The summed E-state index contributed by atoms with van der Waals surface area (Å²) >= 11 is 0. The van der Waals surface area contributed by atoms with Crippen LogP contribution in [0.2, 0.25) is 0 Å². The SMILES string of the molecule is CC(C)(O)C1CC2CC[C@@]3(C)[C@@](O)(CCC4Cc5c([nH]c6ccc7c(c56)CC5C(C7=O)C(C)(C)OC5(C)C)[C@@]43C)[C@]23C[C@@H]3C1. The van der Waals surface area contributed by atoms with E-state index in [1.54, 1.807) is 0 Å². The number of nitrogens with one attached hydrogen (secondary N) is 1. The second-order valence-electron chi connectivity index (χ2n) is 18.8. The number of ketones is 1. The van der Waals surface area contributed by atoms with Crippen molar-refractivity contribution in [1.82, 2.24) is 4.98 Å². The molecule has 7 aliphatic rings. The van der Waals surface area contributed by atoms with Gasteiger partial charge in [-0.2, -0.15) is 0 Å². The lowest BCUT2D eigenvalue weighted by Gasteiger charge is -2.68. The molecule has 0 radical (unpaired) electrons. The number of ether oxygens (including phenoxy) is 1. The summed E-state index contributed by atoms with van der Waals surface area (Å²) in [5, 5.41) is 25.5. The first-order chi connectivity index (χ1) is 20.4. The second kappa shape index (κ2) is 7.88. The van der Waals surface area contributed by atoms with E-state index in [1.807, 2.05) is 13.8 Å². The second-order valence-corrected chi connectivity index (χ2v) is 18.8. The molecule has 1 saturated heterocycles. The fourth-order valence-corrected chi connectivity index (χ4v) is 13.9. The van der Waals surface area contributed by atoms with Gasteiger partial charge in [0.25, 0.3) is 0 Å². The molecule has 5 fully saturated rings. The fourth-order valence-electron chi connectivity index (χ4n) is 13.9. The van der Waals surface area contributed by atoms with Crippen molar-refractivity contribution in [3.8, 4) is 0 Å². The molecule has 1 aliphatic heterocycles. The summed E-state index contributed by atoms with van der Waals surface area (Å²) in [5.41, 5.74) is 3.54. The van der Waals surface area contributed by atoms with Gasteiger partial charge in [0.15, 0.2) is 5.78 Å². The number of hydrogen-bond acceptors (Lipinski definition) is 4. The van der Waals surface area contributed by atoms with Gasteiger partial charge in [-0.15, -0.1) is 0 Å². The molecular formula is C39H53NO4. The minimum Gasteiger partial charge on any atom is -0.390 e. The van der Waals surface area contributed by atoms with Gasteiger partial charge in [0.05, 0.1) is 28.3 Å². The molecule has 5 heteroatoms. The Labute approximate surface area is 262 Å². The molecule has 2 heterocycles. The van der Waals surface area contributed by atoms with Gasteiger partial charge < -0.3 is 19.9 Å². The minimum absolute atomic E-state index is 0.00591. The third-order valence-electron chi connectivity index (χ3n) is 16.2. The van der Waals surface area contributed by atoms with Crippen molar-refractivity contribution in [2.45, 2.75) is 141 Å². The molecule has 1 aromatic carbocycles. The Hall–Kier alpha value is -1.69. The van der Waals surface area contributed by atoms with E-state index in [0.29, 0.717) is 23.7 Å². The first-order valence-corrected chi connectivity index (χ1v) is 17.8. The number of aromatic nitrogens is 1. The number of aliphatic hydroxyl groups is 2. The van der Waals surface area contributed by atoms with Gasteiger partial charge in [0.1, 0.15) is 0 Å². The molecule has 5 nitrogen and oxygen atoms in total. The fraction of sp³-hybridized carbons (Fsp3) is 0.769. The molecular weight excluding hydrogens is 546 g/mol. The van der Waals surface area contributed by atoms with Crippen LogP contribution < -0.4 is 0 Å². The highest BCUT2D eigenvalue weighted by Crippen LogP contribution is 2.82. The van der Waals surface area contributed by atoms with Gasteiger partial charge in [-0.25, -0.2) is 0 Å². The molecule has 1 aromatic heterocycles. The van der Waals surface area contributed by atoms with Crippen molar-refractivity contribution in [2.75, 3.05) is 0 Å². The lowest BCUT2D eigenvalue weighted by Crippen LogP contribution is -2.70. The molecule has 0 amide bonds. The average Bonchev–Trinajstić information content (AvgIpc) is 3.39. The Morgan fingerprint density at radius 1 is 0.909 bits per heavy atom. The number of Topliss-reactive ketones (excluding diaryl/α,β-unsaturated/α-hetero) is 1. The average molecular weight is 600 g/mol. The normalized spacial score (nSPS) is 47.6. The first-order valence-electron chi connectivity index (χ1n) is 17.8. The number of H-pyrrole nitrogens is 1. The molecule has 238 valence electrons. The van der Waals surface area contributed by atoms with E-state index in [-0.39, 0.29) is 39.5 Å².